The number of ether oxygens (including phenoxy) is 1. The van der Waals surface area contributed by atoms with Gasteiger partial charge in [0.15, 0.2) is 0 Å². The summed E-state index contributed by atoms with van der Waals surface area (Å²) < 4.78 is 20.9. The van der Waals surface area contributed by atoms with Gasteiger partial charge in [0.05, 0.1) is 23.6 Å². The van der Waals surface area contributed by atoms with E-state index >= 15 is 0 Å². The van der Waals surface area contributed by atoms with Crippen molar-refractivity contribution >= 4 is 5.97 Å². The number of halogens is 1. The fourth-order valence-electron chi connectivity index (χ4n) is 3.03. The molecule has 0 fully saturated rings. The fourth-order valence-corrected chi connectivity index (χ4v) is 3.03. The number of aromatic nitrogens is 2. The minimum Gasteiger partial charge on any atom is -0.493 e. The summed E-state index contributed by atoms with van der Waals surface area (Å²) in [6.45, 7) is 7.18. The predicted octanol–water partition coefficient (Wildman–Crippen LogP) is 5.11. The van der Waals surface area contributed by atoms with E-state index < -0.39 is 5.97 Å². The molecule has 2 aromatic carbocycles. The Morgan fingerprint density at radius 2 is 1.89 bits per heavy atom. The van der Waals surface area contributed by atoms with Crippen LogP contribution in [0.4, 0.5) is 4.39 Å². The minimum atomic E-state index is -1.01. The monoisotopic (exact) mass is 382 g/mol. The smallest absolute Gasteiger partial charge is 0.335 e. The molecular weight excluding hydrogens is 359 g/mol. The Kier molecular flexibility index (Phi) is 5.78. The van der Waals surface area contributed by atoms with Crippen LogP contribution in [0.2, 0.25) is 0 Å². The summed E-state index contributed by atoms with van der Waals surface area (Å²) in [7, 11) is 0. The van der Waals surface area contributed by atoms with Gasteiger partial charge in [-0.15, -0.1) is 0 Å². The van der Waals surface area contributed by atoms with E-state index in [4.69, 9.17) is 9.84 Å². The third-order valence-corrected chi connectivity index (χ3v) is 4.26. The molecule has 0 atom stereocenters. The molecule has 3 aromatic rings. The van der Waals surface area contributed by atoms with Crippen molar-refractivity contribution in [2.45, 2.75) is 27.3 Å². The van der Waals surface area contributed by atoms with E-state index in [1.165, 1.54) is 18.2 Å². The second kappa shape index (κ2) is 8.25. The van der Waals surface area contributed by atoms with E-state index in [1.54, 1.807) is 24.3 Å². The average Bonchev–Trinajstić information content (AvgIpc) is 3.05. The molecule has 1 N–H and O–H groups in total. The van der Waals surface area contributed by atoms with Gasteiger partial charge in [-0.3, -0.25) is 4.68 Å². The Labute approximate surface area is 163 Å². The highest BCUT2D eigenvalue weighted by molar-refractivity contribution is 5.90. The molecule has 0 amide bonds. The first-order valence-corrected chi connectivity index (χ1v) is 9.23. The van der Waals surface area contributed by atoms with Crippen LogP contribution >= 0.6 is 0 Å². The summed E-state index contributed by atoms with van der Waals surface area (Å²) in [4.78, 5) is 11.4. The second-order valence-corrected chi connectivity index (χ2v) is 6.95. The van der Waals surface area contributed by atoms with E-state index in [0.29, 0.717) is 36.1 Å². The molecule has 0 bridgehead atoms. The molecule has 0 unspecified atom stereocenters. The van der Waals surface area contributed by atoms with Crippen molar-refractivity contribution in [1.29, 1.82) is 0 Å². The standard InChI is InChI=1S/C22H23FN2O3/c1-4-28-21-10-7-16(22(26)27)11-18(21)19-12-20(25(24-19)13-14(2)3)15-5-8-17(23)9-6-15/h5-12,14H,4,13H2,1-3H3,(H,26,27). The molecule has 0 aliphatic carbocycles. The van der Waals surface area contributed by atoms with Gasteiger partial charge in [0, 0.05) is 17.7 Å². The van der Waals surface area contributed by atoms with Crippen LogP contribution in [0, 0.1) is 11.7 Å². The molecule has 5 nitrogen and oxygen atoms in total. The van der Waals surface area contributed by atoms with Crippen molar-refractivity contribution in [2.75, 3.05) is 6.61 Å². The lowest BCUT2D eigenvalue weighted by Crippen LogP contribution is -2.08. The highest BCUT2D eigenvalue weighted by Crippen LogP contribution is 2.33. The number of aromatic carboxylic acids is 1. The summed E-state index contributed by atoms with van der Waals surface area (Å²) in [5.74, 6) is -0.382. The molecule has 1 aromatic heterocycles. The zero-order chi connectivity index (χ0) is 20.3. The molecule has 0 radical (unpaired) electrons. The number of benzene rings is 2. The quantitative estimate of drug-likeness (QED) is 0.617. The summed E-state index contributed by atoms with van der Waals surface area (Å²) in [5.41, 5.74) is 3.08. The van der Waals surface area contributed by atoms with E-state index in [0.717, 1.165) is 11.3 Å². The lowest BCUT2D eigenvalue weighted by molar-refractivity contribution is 0.0697. The van der Waals surface area contributed by atoms with E-state index in [1.807, 2.05) is 17.7 Å². The third-order valence-electron chi connectivity index (χ3n) is 4.26. The predicted molar refractivity (Wildman–Crippen MR) is 106 cm³/mol. The van der Waals surface area contributed by atoms with Crippen LogP contribution in [0.15, 0.2) is 48.5 Å². The van der Waals surface area contributed by atoms with Crippen LogP contribution in [0.1, 0.15) is 31.1 Å². The summed E-state index contributed by atoms with van der Waals surface area (Å²) >= 11 is 0. The number of carboxylic acids is 1. The van der Waals surface area contributed by atoms with E-state index in [-0.39, 0.29) is 11.4 Å². The lowest BCUT2D eigenvalue weighted by atomic mass is 10.1. The van der Waals surface area contributed by atoms with Gasteiger partial charge in [0.1, 0.15) is 11.6 Å². The number of carboxylic acid groups (broad SMARTS) is 1. The van der Waals surface area contributed by atoms with E-state index in [2.05, 4.69) is 13.8 Å². The van der Waals surface area contributed by atoms with Gasteiger partial charge in [0.25, 0.3) is 0 Å². The van der Waals surface area contributed by atoms with Gasteiger partial charge in [0.2, 0.25) is 0 Å². The Hall–Kier alpha value is -3.15. The van der Waals surface area contributed by atoms with Crippen LogP contribution in [0.5, 0.6) is 5.75 Å². The Balaban J connectivity index is 2.15. The fraction of sp³-hybridized carbons (Fsp3) is 0.273. The van der Waals surface area contributed by atoms with Gasteiger partial charge in [-0.25, -0.2) is 9.18 Å². The first-order valence-electron chi connectivity index (χ1n) is 9.23. The first-order chi connectivity index (χ1) is 13.4. The molecule has 0 aliphatic heterocycles. The van der Waals surface area contributed by atoms with Crippen molar-refractivity contribution in [3.63, 3.8) is 0 Å². The van der Waals surface area contributed by atoms with Gasteiger partial charge >= 0.3 is 5.97 Å². The molecule has 6 heteroatoms. The van der Waals surface area contributed by atoms with Crippen molar-refractivity contribution in [3.8, 4) is 28.3 Å². The van der Waals surface area contributed by atoms with Crippen LogP contribution in [0.25, 0.3) is 22.5 Å². The van der Waals surface area contributed by atoms with Gasteiger partial charge < -0.3 is 9.84 Å². The van der Waals surface area contributed by atoms with Gasteiger partial charge in [-0.1, -0.05) is 13.8 Å². The molecular formula is C22H23FN2O3. The molecule has 0 aliphatic rings. The topological polar surface area (TPSA) is 64.3 Å². The zero-order valence-corrected chi connectivity index (χ0v) is 16.1. The Morgan fingerprint density at radius 3 is 2.50 bits per heavy atom. The van der Waals surface area contributed by atoms with Gasteiger partial charge in [-0.2, -0.15) is 5.10 Å². The molecule has 0 saturated heterocycles. The van der Waals surface area contributed by atoms with Gasteiger partial charge in [-0.05, 0) is 61.4 Å². The first kappa shape index (κ1) is 19.6. The number of hydrogen-bond donors (Lipinski definition) is 1. The highest BCUT2D eigenvalue weighted by Gasteiger charge is 2.17. The SMILES string of the molecule is CCOc1ccc(C(=O)O)cc1-c1cc(-c2ccc(F)cc2)n(CC(C)C)n1. The number of hydrogen-bond acceptors (Lipinski definition) is 3. The van der Waals surface area contributed by atoms with Crippen molar-refractivity contribution in [2.24, 2.45) is 5.92 Å². The minimum absolute atomic E-state index is 0.167. The van der Waals surface area contributed by atoms with Crippen LogP contribution in [-0.2, 0) is 6.54 Å². The summed E-state index contributed by atoms with van der Waals surface area (Å²) in [5, 5.41) is 14.1. The number of carbonyl (C=O) groups is 1. The highest BCUT2D eigenvalue weighted by atomic mass is 19.1. The molecule has 0 spiro atoms. The van der Waals surface area contributed by atoms with E-state index in [9.17, 15) is 14.3 Å². The van der Waals surface area contributed by atoms with Crippen LogP contribution in [0.3, 0.4) is 0 Å². The molecule has 0 saturated carbocycles. The normalized spacial score (nSPS) is 11.0. The summed E-state index contributed by atoms with van der Waals surface area (Å²) in [6, 6.07) is 12.9. The second-order valence-electron chi connectivity index (χ2n) is 6.95. The molecule has 146 valence electrons. The molecule has 1 heterocycles. The van der Waals surface area contributed by atoms with Crippen molar-refractivity contribution < 1.29 is 19.0 Å². The van der Waals surface area contributed by atoms with Crippen LogP contribution < -0.4 is 4.74 Å². The maximum Gasteiger partial charge on any atom is 0.335 e. The summed E-state index contributed by atoms with van der Waals surface area (Å²) in [6.07, 6.45) is 0. The number of nitrogens with zero attached hydrogens (tertiary/aromatic N) is 2. The molecule has 3 rings (SSSR count). The van der Waals surface area contributed by atoms with Crippen molar-refractivity contribution in [1.82, 2.24) is 9.78 Å². The Morgan fingerprint density at radius 1 is 1.18 bits per heavy atom. The number of rotatable bonds is 7. The Bertz CT molecular complexity index is 978. The lowest BCUT2D eigenvalue weighted by Gasteiger charge is -2.10. The zero-order valence-electron chi connectivity index (χ0n) is 16.1. The maximum atomic E-state index is 13.3. The maximum absolute atomic E-state index is 13.3. The van der Waals surface area contributed by atoms with Crippen LogP contribution in [-0.4, -0.2) is 27.5 Å². The third kappa shape index (κ3) is 4.22. The van der Waals surface area contributed by atoms with Crippen molar-refractivity contribution in [3.05, 3.63) is 59.9 Å². The average molecular weight is 382 g/mol. The molecule has 28 heavy (non-hydrogen) atoms. The largest absolute Gasteiger partial charge is 0.493 e.